The van der Waals surface area contributed by atoms with Gasteiger partial charge in [-0.15, -0.1) is 0 Å². The third kappa shape index (κ3) is 44.6. The molecule has 0 aliphatic carbocycles. The third-order valence-corrected chi connectivity index (χ3v) is 12.1. The van der Waals surface area contributed by atoms with Crippen LogP contribution < -0.4 is 0 Å². The standard InChI is InChI=1S/C48H96NO8P/c1-6-8-10-12-14-16-18-20-22-23-24-25-27-28-30-32-34-36-38-40-47(50)54-44-46(45-56-58(52,53)55-43-42-49(3,4)5)57-48(51)41-39-37-35-33-31-29-26-21-19-17-15-13-11-9-7-2/h46H,6-45H2,1-5H3/p+1/t46-/m1/s1. The number of unbranched alkanes of at least 4 members (excludes halogenated alkanes) is 32. The van der Waals surface area contributed by atoms with E-state index in [-0.39, 0.29) is 25.6 Å². The van der Waals surface area contributed by atoms with E-state index in [9.17, 15) is 19.0 Å². The minimum Gasteiger partial charge on any atom is -0.462 e. The van der Waals surface area contributed by atoms with Crippen LogP contribution in [0.1, 0.15) is 245 Å². The Kier molecular flexibility index (Phi) is 40.7. The van der Waals surface area contributed by atoms with Gasteiger partial charge < -0.3 is 18.9 Å². The molecule has 0 saturated heterocycles. The average molecular weight is 847 g/mol. The van der Waals surface area contributed by atoms with Gasteiger partial charge in [-0.2, -0.15) is 0 Å². The Balaban J connectivity index is 4.21. The van der Waals surface area contributed by atoms with E-state index in [2.05, 4.69) is 13.8 Å². The van der Waals surface area contributed by atoms with E-state index < -0.39 is 26.5 Å². The van der Waals surface area contributed by atoms with Crippen molar-refractivity contribution in [2.75, 3.05) is 47.5 Å². The molecule has 1 unspecified atom stereocenters. The van der Waals surface area contributed by atoms with Crippen LogP contribution in [-0.4, -0.2) is 74.9 Å². The monoisotopic (exact) mass is 847 g/mol. The molecule has 0 amide bonds. The Morgan fingerprint density at radius 3 is 1.10 bits per heavy atom. The fourth-order valence-corrected chi connectivity index (χ4v) is 7.99. The lowest BCUT2D eigenvalue weighted by atomic mass is 10.0. The van der Waals surface area contributed by atoms with E-state index in [1.165, 1.54) is 180 Å². The molecule has 58 heavy (non-hydrogen) atoms. The number of likely N-dealkylation sites (N-methyl/N-ethyl adjacent to an activating group) is 1. The summed E-state index contributed by atoms with van der Waals surface area (Å²) in [5, 5.41) is 0. The largest absolute Gasteiger partial charge is 0.472 e. The first kappa shape index (κ1) is 57.0. The summed E-state index contributed by atoms with van der Waals surface area (Å²) >= 11 is 0. The highest BCUT2D eigenvalue weighted by molar-refractivity contribution is 7.47. The summed E-state index contributed by atoms with van der Waals surface area (Å²) in [5.74, 6) is -0.779. The fraction of sp³-hybridized carbons (Fsp3) is 0.958. The van der Waals surface area contributed by atoms with Crippen molar-refractivity contribution < 1.29 is 42.1 Å². The molecule has 0 aromatic heterocycles. The molecule has 0 aromatic rings. The van der Waals surface area contributed by atoms with Crippen LogP contribution in [0.15, 0.2) is 0 Å². The van der Waals surface area contributed by atoms with Crippen molar-refractivity contribution in [3.05, 3.63) is 0 Å². The lowest BCUT2D eigenvalue weighted by molar-refractivity contribution is -0.870. The first-order chi connectivity index (χ1) is 28.0. The molecule has 1 N–H and O–H groups in total. The topological polar surface area (TPSA) is 108 Å². The first-order valence-electron chi connectivity index (χ1n) is 24.8. The van der Waals surface area contributed by atoms with Gasteiger partial charge in [0.15, 0.2) is 6.10 Å². The molecule has 2 atom stereocenters. The predicted octanol–water partition coefficient (Wildman–Crippen LogP) is 14.4. The van der Waals surface area contributed by atoms with Gasteiger partial charge in [0.2, 0.25) is 0 Å². The predicted molar refractivity (Wildman–Crippen MR) is 243 cm³/mol. The molecule has 10 heteroatoms. The molecule has 0 saturated carbocycles. The number of phosphoric acid groups is 1. The van der Waals surface area contributed by atoms with Gasteiger partial charge in [0.25, 0.3) is 0 Å². The van der Waals surface area contributed by atoms with Crippen molar-refractivity contribution in [2.45, 2.75) is 251 Å². The summed E-state index contributed by atoms with van der Waals surface area (Å²) in [7, 11) is 1.50. The van der Waals surface area contributed by atoms with Crippen LogP contribution in [-0.2, 0) is 32.7 Å². The Bertz CT molecular complexity index is 958. The maximum Gasteiger partial charge on any atom is 0.472 e. The second-order valence-electron chi connectivity index (χ2n) is 18.2. The maximum absolute atomic E-state index is 12.7. The van der Waals surface area contributed by atoms with E-state index in [4.69, 9.17) is 18.5 Å². The van der Waals surface area contributed by atoms with Crippen LogP contribution in [0.4, 0.5) is 0 Å². The van der Waals surface area contributed by atoms with Gasteiger partial charge in [0, 0.05) is 12.8 Å². The number of esters is 2. The average Bonchev–Trinajstić information content (AvgIpc) is 3.17. The second kappa shape index (κ2) is 41.4. The van der Waals surface area contributed by atoms with Gasteiger partial charge in [-0.1, -0.05) is 219 Å². The highest BCUT2D eigenvalue weighted by Gasteiger charge is 2.27. The number of nitrogens with zero attached hydrogens (tertiary/aromatic N) is 1. The molecule has 0 aliphatic rings. The summed E-state index contributed by atoms with van der Waals surface area (Å²) in [4.78, 5) is 35.5. The van der Waals surface area contributed by atoms with Crippen LogP contribution in [0.2, 0.25) is 0 Å². The molecular formula is C48H97NO8P+. The van der Waals surface area contributed by atoms with E-state index in [1.807, 2.05) is 21.1 Å². The SMILES string of the molecule is CCCCCCCCCCCCCCCCCCCCCC(=O)OC[C@H](COP(=O)(O)OCC[N+](C)(C)C)OC(=O)CCCCCCCCCCCCCCCCC. The van der Waals surface area contributed by atoms with Crippen molar-refractivity contribution in [1.29, 1.82) is 0 Å². The molecule has 0 rings (SSSR count). The summed E-state index contributed by atoms with van der Waals surface area (Å²) in [5.41, 5.74) is 0. The molecule has 0 fully saturated rings. The number of hydrogen-bond acceptors (Lipinski definition) is 7. The van der Waals surface area contributed by atoms with E-state index in [1.54, 1.807) is 0 Å². The van der Waals surface area contributed by atoms with E-state index >= 15 is 0 Å². The van der Waals surface area contributed by atoms with Crippen molar-refractivity contribution in [1.82, 2.24) is 0 Å². The molecule has 346 valence electrons. The highest BCUT2D eigenvalue weighted by Crippen LogP contribution is 2.43. The molecule has 9 nitrogen and oxygen atoms in total. The molecule has 0 heterocycles. The van der Waals surface area contributed by atoms with Gasteiger partial charge in [0.05, 0.1) is 27.7 Å². The van der Waals surface area contributed by atoms with Gasteiger partial charge in [-0.25, -0.2) is 4.57 Å². The minimum atomic E-state index is -4.37. The molecular weight excluding hydrogens is 750 g/mol. The zero-order chi connectivity index (χ0) is 42.8. The molecule has 0 aliphatic heterocycles. The van der Waals surface area contributed by atoms with E-state index in [0.29, 0.717) is 17.4 Å². The Morgan fingerprint density at radius 2 is 0.776 bits per heavy atom. The van der Waals surface area contributed by atoms with Gasteiger partial charge in [0.1, 0.15) is 19.8 Å². The first-order valence-corrected chi connectivity index (χ1v) is 26.3. The smallest absolute Gasteiger partial charge is 0.462 e. The van der Waals surface area contributed by atoms with Crippen molar-refractivity contribution in [3.8, 4) is 0 Å². The molecule has 0 spiro atoms. The lowest BCUT2D eigenvalue weighted by Crippen LogP contribution is -2.37. The van der Waals surface area contributed by atoms with Crippen LogP contribution >= 0.6 is 7.82 Å². The number of carbonyl (C=O) groups excluding carboxylic acids is 2. The minimum absolute atomic E-state index is 0.0371. The van der Waals surface area contributed by atoms with Gasteiger partial charge in [-0.05, 0) is 12.8 Å². The van der Waals surface area contributed by atoms with Crippen LogP contribution in [0.3, 0.4) is 0 Å². The van der Waals surface area contributed by atoms with Crippen LogP contribution in [0.5, 0.6) is 0 Å². The summed E-state index contributed by atoms with van der Waals surface area (Å²) in [6.07, 6.45) is 42.9. The zero-order valence-electron chi connectivity index (χ0n) is 39.1. The number of rotatable bonds is 46. The Labute approximate surface area is 359 Å². The molecule has 0 aromatic carbocycles. The van der Waals surface area contributed by atoms with Gasteiger partial charge in [-0.3, -0.25) is 18.6 Å². The number of quaternary nitrogens is 1. The normalized spacial score (nSPS) is 13.4. The quantitative estimate of drug-likeness (QED) is 0.0279. The summed E-state index contributed by atoms with van der Waals surface area (Å²) in [6, 6.07) is 0. The van der Waals surface area contributed by atoms with Crippen LogP contribution in [0.25, 0.3) is 0 Å². The lowest BCUT2D eigenvalue weighted by Gasteiger charge is -2.24. The Hall–Kier alpha value is -0.990. The fourth-order valence-electron chi connectivity index (χ4n) is 7.25. The Morgan fingerprint density at radius 1 is 0.466 bits per heavy atom. The third-order valence-electron chi connectivity index (χ3n) is 11.1. The van der Waals surface area contributed by atoms with Crippen molar-refractivity contribution in [2.24, 2.45) is 0 Å². The van der Waals surface area contributed by atoms with Crippen molar-refractivity contribution in [3.63, 3.8) is 0 Å². The number of carbonyl (C=O) groups is 2. The van der Waals surface area contributed by atoms with Gasteiger partial charge >= 0.3 is 19.8 Å². The number of phosphoric ester groups is 1. The summed E-state index contributed by atoms with van der Waals surface area (Å²) in [6.45, 7) is 4.48. The highest BCUT2D eigenvalue weighted by atomic mass is 31.2. The number of hydrogen-bond donors (Lipinski definition) is 1. The van der Waals surface area contributed by atoms with Crippen molar-refractivity contribution >= 4 is 19.8 Å². The molecule has 0 radical (unpaired) electrons. The number of ether oxygens (including phenoxy) is 2. The molecule has 0 bridgehead atoms. The maximum atomic E-state index is 12.7. The second-order valence-corrected chi connectivity index (χ2v) is 19.7. The zero-order valence-corrected chi connectivity index (χ0v) is 40.0. The summed E-state index contributed by atoms with van der Waals surface area (Å²) < 4.78 is 34.4. The van der Waals surface area contributed by atoms with Crippen LogP contribution in [0, 0.1) is 0 Å². The van der Waals surface area contributed by atoms with E-state index in [0.717, 1.165) is 38.5 Å².